The van der Waals surface area contributed by atoms with Gasteiger partial charge in [0.05, 0.1) is 12.7 Å². The number of hydrogen-bond donors (Lipinski definition) is 2. The first-order chi connectivity index (χ1) is 9.13. The summed E-state index contributed by atoms with van der Waals surface area (Å²) in [6.45, 7) is 0.340. The van der Waals surface area contributed by atoms with Crippen molar-refractivity contribution in [3.05, 3.63) is 51.8 Å². The summed E-state index contributed by atoms with van der Waals surface area (Å²) in [5, 5.41) is 9.32. The lowest BCUT2D eigenvalue weighted by Gasteiger charge is -2.03. The number of fused-ring (bicyclic) bond motifs is 1. The second-order valence-electron chi connectivity index (χ2n) is 4.06. The topological polar surface area (TPSA) is 83.8 Å². The van der Waals surface area contributed by atoms with Crippen molar-refractivity contribution in [3.8, 4) is 5.75 Å². The van der Waals surface area contributed by atoms with Crippen LogP contribution in [0.5, 0.6) is 5.75 Å². The maximum absolute atomic E-state index is 11.9. The molecule has 0 bridgehead atoms. The van der Waals surface area contributed by atoms with Crippen molar-refractivity contribution >= 4 is 22.8 Å². The van der Waals surface area contributed by atoms with E-state index in [1.54, 1.807) is 24.3 Å². The highest BCUT2D eigenvalue weighted by Gasteiger charge is 2.09. The van der Waals surface area contributed by atoms with Crippen LogP contribution in [0.25, 0.3) is 11.2 Å². The maximum atomic E-state index is 11.9. The molecular formula is C12H9ClN4O2. The van der Waals surface area contributed by atoms with E-state index in [0.717, 1.165) is 5.56 Å². The first-order valence-electron chi connectivity index (χ1n) is 5.52. The van der Waals surface area contributed by atoms with Crippen molar-refractivity contribution in [1.82, 2.24) is 19.5 Å². The molecule has 0 spiro atoms. The van der Waals surface area contributed by atoms with Gasteiger partial charge in [0.1, 0.15) is 11.3 Å². The van der Waals surface area contributed by atoms with Crippen LogP contribution in [-0.4, -0.2) is 24.6 Å². The smallest absolute Gasteiger partial charge is 0.328 e. The van der Waals surface area contributed by atoms with E-state index in [-0.39, 0.29) is 16.7 Å². The number of phenolic OH excluding ortho intramolecular Hbond substituents is 1. The van der Waals surface area contributed by atoms with E-state index >= 15 is 0 Å². The van der Waals surface area contributed by atoms with Crippen molar-refractivity contribution < 1.29 is 5.11 Å². The molecule has 2 heterocycles. The Morgan fingerprint density at radius 3 is 2.79 bits per heavy atom. The van der Waals surface area contributed by atoms with Gasteiger partial charge in [-0.15, -0.1) is 0 Å². The van der Waals surface area contributed by atoms with Gasteiger partial charge >= 0.3 is 5.69 Å². The van der Waals surface area contributed by atoms with Crippen LogP contribution in [0.2, 0.25) is 5.28 Å². The lowest BCUT2D eigenvalue weighted by atomic mass is 10.2. The minimum atomic E-state index is -0.278. The quantitative estimate of drug-likeness (QED) is 0.695. The molecule has 0 aliphatic carbocycles. The normalized spacial score (nSPS) is 11.0. The van der Waals surface area contributed by atoms with Gasteiger partial charge in [0, 0.05) is 0 Å². The fourth-order valence-electron chi connectivity index (χ4n) is 1.86. The Labute approximate surface area is 112 Å². The summed E-state index contributed by atoms with van der Waals surface area (Å²) in [6.07, 6.45) is 1.47. The fraction of sp³-hybridized carbons (Fsp3) is 0.0833. The average molecular weight is 277 g/mol. The molecule has 3 rings (SSSR count). The van der Waals surface area contributed by atoms with Gasteiger partial charge in [-0.2, -0.15) is 4.98 Å². The van der Waals surface area contributed by atoms with Gasteiger partial charge in [0.15, 0.2) is 5.65 Å². The summed E-state index contributed by atoms with van der Waals surface area (Å²) in [5.74, 6) is 0.181. The molecule has 3 aromatic rings. The Kier molecular flexibility index (Phi) is 2.72. The van der Waals surface area contributed by atoms with Crippen LogP contribution in [0, 0.1) is 0 Å². The van der Waals surface area contributed by atoms with Gasteiger partial charge in [-0.25, -0.2) is 9.78 Å². The molecule has 2 aromatic heterocycles. The Bertz CT molecular complexity index is 792. The van der Waals surface area contributed by atoms with Crippen LogP contribution < -0.4 is 5.69 Å². The zero-order valence-electron chi connectivity index (χ0n) is 9.67. The molecule has 96 valence electrons. The lowest BCUT2D eigenvalue weighted by molar-refractivity contribution is 0.475. The molecule has 19 heavy (non-hydrogen) atoms. The monoisotopic (exact) mass is 276 g/mol. The highest BCUT2D eigenvalue weighted by molar-refractivity contribution is 6.28. The zero-order chi connectivity index (χ0) is 13.4. The van der Waals surface area contributed by atoms with Crippen molar-refractivity contribution in [2.75, 3.05) is 0 Å². The molecule has 0 radical (unpaired) electrons. The molecule has 0 aliphatic rings. The number of H-pyrrole nitrogens is 1. The Morgan fingerprint density at radius 2 is 2.05 bits per heavy atom. The van der Waals surface area contributed by atoms with E-state index in [4.69, 9.17) is 11.6 Å². The molecule has 0 unspecified atom stereocenters. The third kappa shape index (κ3) is 2.17. The fourth-order valence-corrected chi connectivity index (χ4v) is 1.98. The van der Waals surface area contributed by atoms with Crippen LogP contribution in [-0.2, 0) is 6.54 Å². The minimum absolute atomic E-state index is 0.0888. The number of imidazole rings is 1. The first kappa shape index (κ1) is 11.7. The number of aromatic nitrogens is 4. The summed E-state index contributed by atoms with van der Waals surface area (Å²) < 4.78 is 1.47. The van der Waals surface area contributed by atoms with Gasteiger partial charge in [0.2, 0.25) is 5.28 Å². The van der Waals surface area contributed by atoms with Gasteiger partial charge in [-0.1, -0.05) is 12.1 Å². The van der Waals surface area contributed by atoms with E-state index in [2.05, 4.69) is 15.0 Å². The van der Waals surface area contributed by atoms with E-state index in [9.17, 15) is 9.90 Å². The molecule has 0 saturated heterocycles. The Hall–Kier alpha value is -2.34. The molecule has 0 amide bonds. The summed E-state index contributed by atoms with van der Waals surface area (Å²) in [7, 11) is 0. The van der Waals surface area contributed by atoms with Gasteiger partial charge in [-0.3, -0.25) is 4.57 Å². The molecule has 0 aliphatic heterocycles. The number of aromatic hydroxyl groups is 1. The van der Waals surface area contributed by atoms with E-state index in [1.807, 2.05) is 0 Å². The Morgan fingerprint density at radius 1 is 1.32 bits per heavy atom. The summed E-state index contributed by atoms with van der Waals surface area (Å²) in [4.78, 5) is 22.4. The van der Waals surface area contributed by atoms with Crippen LogP contribution >= 0.6 is 11.6 Å². The molecule has 6 nitrogen and oxygen atoms in total. The number of nitrogens with zero attached hydrogens (tertiary/aromatic N) is 3. The number of aromatic amines is 1. The van der Waals surface area contributed by atoms with E-state index in [1.165, 1.54) is 10.8 Å². The van der Waals surface area contributed by atoms with Crippen LogP contribution in [0.4, 0.5) is 0 Å². The number of rotatable bonds is 2. The van der Waals surface area contributed by atoms with Gasteiger partial charge in [0.25, 0.3) is 0 Å². The SMILES string of the molecule is O=c1[nH]c2cnc(Cl)nc2n1Cc1ccc(O)cc1. The van der Waals surface area contributed by atoms with Crippen molar-refractivity contribution in [3.63, 3.8) is 0 Å². The van der Waals surface area contributed by atoms with Gasteiger partial charge < -0.3 is 10.1 Å². The predicted octanol–water partition coefficient (Wildman–Crippen LogP) is 1.53. The number of hydrogen-bond acceptors (Lipinski definition) is 4. The number of nitrogens with one attached hydrogen (secondary N) is 1. The zero-order valence-corrected chi connectivity index (χ0v) is 10.4. The maximum Gasteiger partial charge on any atom is 0.328 e. The first-order valence-corrected chi connectivity index (χ1v) is 5.90. The second-order valence-corrected chi connectivity index (χ2v) is 4.40. The molecule has 0 fully saturated rings. The van der Waals surface area contributed by atoms with Crippen LogP contribution in [0.15, 0.2) is 35.3 Å². The van der Waals surface area contributed by atoms with Crippen molar-refractivity contribution in [2.45, 2.75) is 6.54 Å². The standard InChI is InChI=1S/C12H9ClN4O2/c13-11-14-5-9-10(16-11)17(12(19)15-9)6-7-1-3-8(18)4-2-7/h1-5,18H,6H2,(H,15,19). The highest BCUT2D eigenvalue weighted by Crippen LogP contribution is 2.13. The van der Waals surface area contributed by atoms with Crippen molar-refractivity contribution in [1.29, 1.82) is 0 Å². The minimum Gasteiger partial charge on any atom is -0.508 e. The van der Waals surface area contributed by atoms with Crippen LogP contribution in [0.3, 0.4) is 0 Å². The summed E-state index contributed by atoms with van der Waals surface area (Å²) in [5.41, 5.74) is 1.58. The summed E-state index contributed by atoms with van der Waals surface area (Å²) in [6, 6.07) is 6.61. The average Bonchev–Trinajstić information content (AvgIpc) is 2.69. The van der Waals surface area contributed by atoms with Crippen LogP contribution in [0.1, 0.15) is 5.56 Å². The second kappa shape index (κ2) is 4.40. The number of benzene rings is 1. The molecular weight excluding hydrogens is 268 g/mol. The largest absolute Gasteiger partial charge is 0.508 e. The molecule has 1 aromatic carbocycles. The highest BCUT2D eigenvalue weighted by atomic mass is 35.5. The van der Waals surface area contributed by atoms with E-state index < -0.39 is 0 Å². The number of phenols is 1. The molecule has 0 atom stereocenters. The third-order valence-electron chi connectivity index (χ3n) is 2.76. The number of halogens is 1. The summed E-state index contributed by atoms with van der Waals surface area (Å²) >= 11 is 5.74. The van der Waals surface area contributed by atoms with Gasteiger partial charge in [-0.05, 0) is 29.3 Å². The third-order valence-corrected chi connectivity index (χ3v) is 2.94. The van der Waals surface area contributed by atoms with E-state index in [0.29, 0.717) is 17.7 Å². The predicted molar refractivity (Wildman–Crippen MR) is 70.4 cm³/mol. The van der Waals surface area contributed by atoms with Crippen molar-refractivity contribution in [2.24, 2.45) is 0 Å². The lowest BCUT2D eigenvalue weighted by Crippen LogP contribution is -2.17. The molecule has 2 N–H and O–H groups in total. The molecule has 7 heteroatoms. The molecule has 0 saturated carbocycles. The Balaban J connectivity index is 2.09.